The molecule has 0 aromatic heterocycles. The minimum absolute atomic E-state index is 0.0104. The highest BCUT2D eigenvalue weighted by molar-refractivity contribution is 7.89. The van der Waals surface area contributed by atoms with Gasteiger partial charge in [0.2, 0.25) is 15.9 Å². The highest BCUT2D eigenvalue weighted by Crippen LogP contribution is 2.29. The summed E-state index contributed by atoms with van der Waals surface area (Å²) in [5.74, 6) is 0.542. The summed E-state index contributed by atoms with van der Waals surface area (Å²) >= 11 is 0. The topological polar surface area (TPSA) is 106 Å². The fraction of sp³-hybridized carbons (Fsp3) is 0.533. The zero-order chi connectivity index (χ0) is 18.2. The maximum absolute atomic E-state index is 12.2. The summed E-state index contributed by atoms with van der Waals surface area (Å²) in [6.45, 7) is 2.42. The first-order chi connectivity index (χ1) is 11.3. The van der Waals surface area contributed by atoms with Crippen LogP contribution in [0.5, 0.6) is 11.5 Å². The van der Waals surface area contributed by atoms with Crippen molar-refractivity contribution >= 4 is 15.9 Å². The number of hydrogen-bond donors (Lipinski definition) is 3. The average Bonchev–Trinajstić information content (AvgIpc) is 2.58. The molecule has 1 aromatic carbocycles. The molecule has 3 N–H and O–H groups in total. The second kappa shape index (κ2) is 9.45. The van der Waals surface area contributed by atoms with Gasteiger partial charge < -0.3 is 20.1 Å². The molecule has 0 saturated carbocycles. The molecule has 0 fully saturated rings. The number of hydrogen-bond acceptors (Lipinski definition) is 6. The van der Waals surface area contributed by atoms with E-state index in [9.17, 15) is 13.2 Å². The van der Waals surface area contributed by atoms with E-state index in [0.717, 1.165) is 0 Å². The van der Waals surface area contributed by atoms with E-state index in [1.54, 1.807) is 7.05 Å². The average molecular weight is 359 g/mol. The molecule has 1 unspecified atom stereocenters. The largest absolute Gasteiger partial charge is 0.493 e. The normalized spacial score (nSPS) is 12.5. The smallest absolute Gasteiger partial charge is 0.240 e. The Hall–Kier alpha value is -1.84. The molecule has 1 atom stereocenters. The highest BCUT2D eigenvalue weighted by atomic mass is 32.2. The monoisotopic (exact) mass is 359 g/mol. The molecular weight excluding hydrogens is 334 g/mol. The highest BCUT2D eigenvalue weighted by Gasteiger charge is 2.17. The molecule has 1 aromatic rings. The molecule has 8 nitrogen and oxygen atoms in total. The molecular formula is C15H25N3O5S. The lowest BCUT2D eigenvalue weighted by Crippen LogP contribution is -2.38. The Morgan fingerprint density at radius 3 is 2.46 bits per heavy atom. The van der Waals surface area contributed by atoms with E-state index in [1.165, 1.54) is 32.4 Å². The third-order valence-electron chi connectivity index (χ3n) is 3.41. The first kappa shape index (κ1) is 20.2. The Labute approximate surface area is 143 Å². The van der Waals surface area contributed by atoms with Crippen molar-refractivity contribution in [2.24, 2.45) is 0 Å². The summed E-state index contributed by atoms with van der Waals surface area (Å²) in [5.41, 5.74) is 0. The van der Waals surface area contributed by atoms with E-state index in [-0.39, 0.29) is 29.8 Å². The van der Waals surface area contributed by atoms with Crippen molar-refractivity contribution in [3.8, 4) is 11.5 Å². The van der Waals surface area contributed by atoms with Crippen molar-refractivity contribution < 1.29 is 22.7 Å². The van der Waals surface area contributed by atoms with Crippen LogP contribution in [-0.4, -0.2) is 54.7 Å². The number of benzene rings is 1. The zero-order valence-corrected chi connectivity index (χ0v) is 15.2. The molecule has 136 valence electrons. The molecule has 24 heavy (non-hydrogen) atoms. The maximum Gasteiger partial charge on any atom is 0.240 e. The number of sulfonamides is 1. The van der Waals surface area contributed by atoms with Gasteiger partial charge >= 0.3 is 0 Å². The van der Waals surface area contributed by atoms with Crippen LogP contribution in [0.3, 0.4) is 0 Å². The molecule has 0 spiro atoms. The number of carbonyl (C=O) groups is 1. The molecule has 0 aliphatic rings. The van der Waals surface area contributed by atoms with Crippen LogP contribution in [0.2, 0.25) is 0 Å². The van der Waals surface area contributed by atoms with Crippen LogP contribution < -0.4 is 24.8 Å². The lowest BCUT2D eigenvalue weighted by molar-refractivity contribution is -0.121. The van der Waals surface area contributed by atoms with Crippen molar-refractivity contribution in [1.82, 2.24) is 15.4 Å². The van der Waals surface area contributed by atoms with E-state index in [0.29, 0.717) is 18.0 Å². The van der Waals surface area contributed by atoms with Gasteiger partial charge in [-0.05, 0) is 26.1 Å². The molecule has 9 heteroatoms. The molecule has 0 aliphatic heterocycles. The predicted molar refractivity (Wildman–Crippen MR) is 90.9 cm³/mol. The molecule has 0 radical (unpaired) electrons. The van der Waals surface area contributed by atoms with Gasteiger partial charge in [-0.15, -0.1) is 0 Å². The van der Waals surface area contributed by atoms with E-state index in [4.69, 9.17) is 9.47 Å². The molecule has 0 saturated heterocycles. The van der Waals surface area contributed by atoms with E-state index in [1.807, 2.05) is 6.92 Å². The van der Waals surface area contributed by atoms with E-state index in [2.05, 4.69) is 15.4 Å². The van der Waals surface area contributed by atoms with Gasteiger partial charge in [-0.2, -0.15) is 0 Å². The number of amides is 1. The van der Waals surface area contributed by atoms with Gasteiger partial charge in [-0.25, -0.2) is 13.1 Å². The third kappa shape index (κ3) is 5.99. The summed E-state index contributed by atoms with van der Waals surface area (Å²) in [4.78, 5) is 11.7. The van der Waals surface area contributed by atoms with Crippen LogP contribution in [0, 0.1) is 0 Å². The summed E-state index contributed by atoms with van der Waals surface area (Å²) < 4.78 is 37.1. The van der Waals surface area contributed by atoms with Crippen LogP contribution >= 0.6 is 0 Å². The fourth-order valence-corrected chi connectivity index (χ4v) is 2.87. The number of rotatable bonds is 10. The number of likely N-dealkylation sites (N-methyl/N-ethyl adjacent to an activating group) is 1. The lowest BCUT2D eigenvalue weighted by Gasteiger charge is -2.12. The summed E-state index contributed by atoms with van der Waals surface area (Å²) in [5, 5.41) is 5.71. The van der Waals surface area contributed by atoms with Crippen molar-refractivity contribution in [2.45, 2.75) is 24.3 Å². The van der Waals surface area contributed by atoms with Gasteiger partial charge in [0.15, 0.2) is 11.5 Å². The van der Waals surface area contributed by atoms with Crippen molar-refractivity contribution in [2.75, 3.05) is 34.4 Å². The number of carbonyl (C=O) groups excluding carboxylic acids is 1. The molecule has 0 bridgehead atoms. The molecule has 0 aliphatic carbocycles. The van der Waals surface area contributed by atoms with Crippen LogP contribution in [-0.2, 0) is 14.8 Å². The Morgan fingerprint density at radius 1 is 1.21 bits per heavy atom. The zero-order valence-electron chi connectivity index (χ0n) is 14.4. The van der Waals surface area contributed by atoms with Crippen molar-refractivity contribution in [1.29, 1.82) is 0 Å². The fourth-order valence-electron chi connectivity index (χ4n) is 1.82. The Kier molecular flexibility index (Phi) is 7.96. The minimum Gasteiger partial charge on any atom is -0.493 e. The van der Waals surface area contributed by atoms with Crippen LogP contribution in [0.25, 0.3) is 0 Å². The van der Waals surface area contributed by atoms with Crippen molar-refractivity contribution in [3.05, 3.63) is 18.2 Å². The Bertz CT molecular complexity index is 649. The predicted octanol–water partition coefficient (Wildman–Crippen LogP) is 0.0963. The van der Waals surface area contributed by atoms with Gasteiger partial charge in [0.1, 0.15) is 0 Å². The lowest BCUT2D eigenvalue weighted by atomic mass is 10.3. The van der Waals surface area contributed by atoms with Crippen LogP contribution in [0.1, 0.15) is 13.3 Å². The molecule has 0 heterocycles. The second-order valence-electron chi connectivity index (χ2n) is 5.16. The van der Waals surface area contributed by atoms with Crippen molar-refractivity contribution in [3.63, 3.8) is 0 Å². The van der Waals surface area contributed by atoms with E-state index >= 15 is 0 Å². The van der Waals surface area contributed by atoms with Gasteiger partial charge in [0, 0.05) is 31.6 Å². The first-order valence-corrected chi connectivity index (χ1v) is 8.98. The Balaban J connectivity index is 2.59. The number of nitrogens with one attached hydrogen (secondary N) is 3. The minimum atomic E-state index is -3.73. The van der Waals surface area contributed by atoms with Gasteiger partial charge in [-0.1, -0.05) is 0 Å². The Morgan fingerprint density at radius 2 is 1.88 bits per heavy atom. The summed E-state index contributed by atoms with van der Waals surface area (Å²) in [6.07, 6.45) is 0.0585. The number of methoxy groups -OCH3 is 2. The van der Waals surface area contributed by atoms with E-state index < -0.39 is 10.0 Å². The molecule has 1 amide bonds. The summed E-state index contributed by atoms with van der Waals surface area (Å²) in [6, 6.07) is 4.45. The first-order valence-electron chi connectivity index (χ1n) is 7.49. The second-order valence-corrected chi connectivity index (χ2v) is 6.93. The van der Waals surface area contributed by atoms with Gasteiger partial charge in [0.05, 0.1) is 19.1 Å². The maximum atomic E-state index is 12.2. The quantitative estimate of drug-likeness (QED) is 0.547. The van der Waals surface area contributed by atoms with Crippen LogP contribution in [0.4, 0.5) is 0 Å². The standard InChI is InChI=1S/C15H25N3O5S/c1-11(16-2)10-17-15(19)7-8-18-24(20,21)12-5-6-13(22-3)14(9-12)23-4/h5-6,9,11,16,18H,7-8,10H2,1-4H3,(H,17,19). The van der Waals surface area contributed by atoms with Crippen LogP contribution in [0.15, 0.2) is 23.1 Å². The summed E-state index contributed by atoms with van der Waals surface area (Å²) in [7, 11) is 0.971. The number of ether oxygens (including phenoxy) is 2. The van der Waals surface area contributed by atoms with Gasteiger partial charge in [0.25, 0.3) is 0 Å². The van der Waals surface area contributed by atoms with Gasteiger partial charge in [-0.3, -0.25) is 4.79 Å². The molecule has 1 rings (SSSR count). The third-order valence-corrected chi connectivity index (χ3v) is 4.87. The SMILES string of the molecule is CNC(C)CNC(=O)CCNS(=O)(=O)c1ccc(OC)c(OC)c1.